The quantitative estimate of drug-likeness (QED) is 0.639. The molecule has 1 fully saturated rings. The Morgan fingerprint density at radius 3 is 2.23 bits per heavy atom. The van der Waals surface area contributed by atoms with Crippen LogP contribution in [0.2, 0.25) is 0 Å². The second kappa shape index (κ2) is 10.5. The second-order valence-electron chi connectivity index (χ2n) is 7.52. The minimum Gasteiger partial charge on any atom is -0.484 e. The van der Waals surface area contributed by atoms with E-state index in [9.17, 15) is 13.2 Å². The summed E-state index contributed by atoms with van der Waals surface area (Å²) in [7, 11) is -3.63. The van der Waals surface area contributed by atoms with Gasteiger partial charge in [-0.3, -0.25) is 9.10 Å². The van der Waals surface area contributed by atoms with Gasteiger partial charge in [-0.25, -0.2) is 8.42 Å². The van der Waals surface area contributed by atoms with Gasteiger partial charge in [-0.2, -0.15) is 0 Å². The molecule has 1 aliphatic rings. The van der Waals surface area contributed by atoms with Gasteiger partial charge in [-0.1, -0.05) is 43.9 Å². The number of hydrogen-bond acceptors (Lipinski definition) is 4. The highest BCUT2D eigenvalue weighted by Crippen LogP contribution is 2.25. The van der Waals surface area contributed by atoms with E-state index in [1.165, 1.54) is 17.1 Å². The van der Waals surface area contributed by atoms with E-state index in [1.54, 1.807) is 61.5 Å². The standard InChI is InChI=1S/C23H30N2O4S/c1-2-25(30(27,28)22-12-8-5-9-13-22)20-14-16-21(17-15-20)29-18-23(26)24-19-10-6-3-4-7-11-19/h5,8-9,12-17,19H,2-4,6-7,10-11,18H2,1H3,(H,24,26). The maximum atomic E-state index is 12.9. The van der Waals surface area contributed by atoms with Gasteiger partial charge < -0.3 is 10.1 Å². The zero-order valence-electron chi connectivity index (χ0n) is 17.4. The first kappa shape index (κ1) is 22.2. The monoisotopic (exact) mass is 430 g/mol. The summed E-state index contributed by atoms with van der Waals surface area (Å²) in [5, 5.41) is 3.05. The summed E-state index contributed by atoms with van der Waals surface area (Å²) in [6.45, 7) is 2.06. The van der Waals surface area contributed by atoms with E-state index in [4.69, 9.17) is 4.74 Å². The highest BCUT2D eigenvalue weighted by Gasteiger charge is 2.23. The molecular formula is C23H30N2O4S. The molecular weight excluding hydrogens is 400 g/mol. The number of benzene rings is 2. The Balaban J connectivity index is 1.59. The molecule has 2 aromatic carbocycles. The van der Waals surface area contributed by atoms with Gasteiger partial charge in [0.05, 0.1) is 10.6 Å². The van der Waals surface area contributed by atoms with Crippen LogP contribution in [0, 0.1) is 0 Å². The molecule has 0 atom stereocenters. The summed E-state index contributed by atoms with van der Waals surface area (Å²) >= 11 is 0. The Kier molecular flexibility index (Phi) is 7.74. The maximum Gasteiger partial charge on any atom is 0.264 e. The van der Waals surface area contributed by atoms with Crippen molar-refractivity contribution >= 4 is 21.6 Å². The van der Waals surface area contributed by atoms with Crippen LogP contribution in [0.25, 0.3) is 0 Å². The van der Waals surface area contributed by atoms with Crippen molar-refractivity contribution in [3.63, 3.8) is 0 Å². The molecule has 1 saturated carbocycles. The molecule has 0 saturated heterocycles. The van der Waals surface area contributed by atoms with Gasteiger partial charge in [0.15, 0.2) is 6.61 Å². The predicted molar refractivity (Wildman–Crippen MR) is 118 cm³/mol. The largest absolute Gasteiger partial charge is 0.484 e. The van der Waals surface area contributed by atoms with Crippen molar-refractivity contribution in [2.75, 3.05) is 17.5 Å². The van der Waals surface area contributed by atoms with Gasteiger partial charge in [0, 0.05) is 12.6 Å². The van der Waals surface area contributed by atoms with Crippen molar-refractivity contribution < 1.29 is 17.9 Å². The number of anilines is 1. The number of ether oxygens (including phenoxy) is 1. The van der Waals surface area contributed by atoms with Gasteiger partial charge in [-0.15, -0.1) is 0 Å². The van der Waals surface area contributed by atoms with Crippen molar-refractivity contribution in [3.05, 3.63) is 54.6 Å². The molecule has 2 aromatic rings. The third-order valence-electron chi connectivity index (χ3n) is 5.33. The van der Waals surface area contributed by atoms with Crippen LogP contribution in [0.3, 0.4) is 0 Å². The fourth-order valence-corrected chi connectivity index (χ4v) is 5.26. The molecule has 0 bridgehead atoms. The van der Waals surface area contributed by atoms with E-state index in [1.807, 2.05) is 0 Å². The SMILES string of the molecule is CCN(c1ccc(OCC(=O)NC2CCCCCC2)cc1)S(=O)(=O)c1ccccc1. The van der Waals surface area contributed by atoms with E-state index in [-0.39, 0.29) is 23.5 Å². The Hall–Kier alpha value is -2.54. The van der Waals surface area contributed by atoms with Crippen molar-refractivity contribution in [2.24, 2.45) is 0 Å². The Morgan fingerprint density at radius 2 is 1.63 bits per heavy atom. The van der Waals surface area contributed by atoms with Crippen molar-refractivity contribution in [3.8, 4) is 5.75 Å². The fraction of sp³-hybridized carbons (Fsp3) is 0.435. The Bertz CT molecular complexity index is 906. The van der Waals surface area contributed by atoms with E-state index < -0.39 is 10.0 Å². The van der Waals surface area contributed by atoms with Gasteiger partial charge in [-0.05, 0) is 56.2 Å². The molecule has 3 rings (SSSR count). The zero-order valence-corrected chi connectivity index (χ0v) is 18.2. The van der Waals surface area contributed by atoms with E-state index in [0.29, 0.717) is 18.0 Å². The lowest BCUT2D eigenvalue weighted by molar-refractivity contribution is -0.123. The summed E-state index contributed by atoms with van der Waals surface area (Å²) in [5.74, 6) is 0.413. The van der Waals surface area contributed by atoms with E-state index in [2.05, 4.69) is 5.32 Å². The smallest absolute Gasteiger partial charge is 0.264 e. The first-order valence-corrected chi connectivity index (χ1v) is 12.0. The molecule has 0 aromatic heterocycles. The molecule has 1 amide bonds. The van der Waals surface area contributed by atoms with Gasteiger partial charge in [0.25, 0.3) is 15.9 Å². The number of sulfonamides is 1. The number of rotatable bonds is 8. The topological polar surface area (TPSA) is 75.7 Å². The number of nitrogens with zero attached hydrogens (tertiary/aromatic N) is 1. The van der Waals surface area contributed by atoms with Gasteiger partial charge in [0.1, 0.15) is 5.75 Å². The lowest BCUT2D eigenvalue weighted by atomic mass is 10.1. The number of carbonyl (C=O) groups excluding carboxylic acids is 1. The van der Waals surface area contributed by atoms with Crippen LogP contribution in [0.4, 0.5) is 5.69 Å². The van der Waals surface area contributed by atoms with E-state index in [0.717, 1.165) is 25.7 Å². The summed E-state index contributed by atoms with van der Waals surface area (Å²) in [5.41, 5.74) is 0.552. The number of hydrogen-bond donors (Lipinski definition) is 1. The normalized spacial score (nSPS) is 15.2. The molecule has 0 heterocycles. The van der Waals surface area contributed by atoms with Crippen molar-refractivity contribution in [2.45, 2.75) is 56.4 Å². The van der Waals surface area contributed by atoms with Crippen LogP contribution in [0.1, 0.15) is 45.4 Å². The zero-order chi connectivity index (χ0) is 21.4. The lowest BCUT2D eigenvalue weighted by Crippen LogP contribution is -2.37. The summed E-state index contributed by atoms with van der Waals surface area (Å²) in [4.78, 5) is 12.4. The van der Waals surface area contributed by atoms with Gasteiger partial charge in [0.2, 0.25) is 0 Å². The Morgan fingerprint density at radius 1 is 1.00 bits per heavy atom. The van der Waals surface area contributed by atoms with Crippen LogP contribution in [-0.4, -0.2) is 33.5 Å². The number of amides is 1. The molecule has 6 nitrogen and oxygen atoms in total. The van der Waals surface area contributed by atoms with Crippen LogP contribution >= 0.6 is 0 Å². The first-order chi connectivity index (χ1) is 14.5. The minimum atomic E-state index is -3.63. The highest BCUT2D eigenvalue weighted by molar-refractivity contribution is 7.92. The minimum absolute atomic E-state index is 0.0460. The van der Waals surface area contributed by atoms with E-state index >= 15 is 0 Å². The number of carbonyl (C=O) groups is 1. The third-order valence-corrected chi connectivity index (χ3v) is 7.25. The molecule has 1 aliphatic carbocycles. The molecule has 0 radical (unpaired) electrons. The fourth-order valence-electron chi connectivity index (χ4n) is 3.76. The molecule has 7 heteroatoms. The molecule has 30 heavy (non-hydrogen) atoms. The maximum absolute atomic E-state index is 12.9. The highest BCUT2D eigenvalue weighted by atomic mass is 32.2. The van der Waals surface area contributed by atoms with Crippen molar-refractivity contribution in [1.29, 1.82) is 0 Å². The predicted octanol–water partition coefficient (Wildman–Crippen LogP) is 4.12. The van der Waals surface area contributed by atoms with Crippen LogP contribution in [0.5, 0.6) is 5.75 Å². The van der Waals surface area contributed by atoms with Crippen LogP contribution in [0.15, 0.2) is 59.5 Å². The third kappa shape index (κ3) is 5.75. The van der Waals surface area contributed by atoms with Crippen LogP contribution < -0.4 is 14.4 Å². The Labute approximate surface area is 179 Å². The van der Waals surface area contributed by atoms with Gasteiger partial charge >= 0.3 is 0 Å². The summed E-state index contributed by atoms with van der Waals surface area (Å²) < 4.78 is 32.8. The molecule has 0 unspecified atom stereocenters. The lowest BCUT2D eigenvalue weighted by Gasteiger charge is -2.23. The molecule has 162 valence electrons. The summed E-state index contributed by atoms with van der Waals surface area (Å²) in [6, 6.07) is 15.4. The first-order valence-electron chi connectivity index (χ1n) is 10.6. The molecule has 0 spiro atoms. The average molecular weight is 431 g/mol. The summed E-state index contributed by atoms with van der Waals surface area (Å²) in [6.07, 6.45) is 6.86. The number of nitrogens with one attached hydrogen (secondary N) is 1. The average Bonchev–Trinajstić information content (AvgIpc) is 3.03. The second-order valence-corrected chi connectivity index (χ2v) is 9.38. The molecule has 1 N–H and O–H groups in total. The van der Waals surface area contributed by atoms with Crippen molar-refractivity contribution in [1.82, 2.24) is 5.32 Å². The van der Waals surface area contributed by atoms with Crippen LogP contribution in [-0.2, 0) is 14.8 Å². The molecule has 0 aliphatic heterocycles.